The molecular formula is C143H100N2. The van der Waals surface area contributed by atoms with Crippen LogP contribution in [0.25, 0.3) is 252 Å². The van der Waals surface area contributed by atoms with E-state index in [-0.39, 0.29) is 16.2 Å². The zero-order valence-electron chi connectivity index (χ0n) is 81.8. The zero-order chi connectivity index (χ0) is 96.7. The Labute approximate surface area is 844 Å². The summed E-state index contributed by atoms with van der Waals surface area (Å²) in [5.41, 5.74) is 41.3. The molecule has 0 fully saturated rings. The Hall–Kier alpha value is -17.6. The van der Waals surface area contributed by atoms with Gasteiger partial charge in [0.2, 0.25) is 0 Å². The first kappa shape index (κ1) is 85.4. The second-order valence-electron chi connectivity index (χ2n) is 41.7. The molecule has 2 nitrogen and oxygen atoms in total. The Morgan fingerprint density at radius 2 is 0.462 bits per heavy atom. The Morgan fingerprint density at radius 1 is 0.166 bits per heavy atom. The van der Waals surface area contributed by atoms with Crippen molar-refractivity contribution < 1.29 is 0 Å². The molecule has 0 atom stereocenters. The molecule has 0 unspecified atom stereocenters. The molecule has 0 saturated carbocycles. The molecule has 0 aliphatic heterocycles. The van der Waals surface area contributed by atoms with Crippen molar-refractivity contribution in [1.82, 2.24) is 9.97 Å². The smallest absolute Gasteiger partial charge is 0.0792 e. The van der Waals surface area contributed by atoms with Crippen molar-refractivity contribution in [2.45, 2.75) is 70.6 Å². The van der Waals surface area contributed by atoms with Crippen molar-refractivity contribution in [3.8, 4) is 134 Å². The summed E-state index contributed by atoms with van der Waals surface area (Å²) in [6, 6.07) is 171. The Balaban J connectivity index is 0.000000106. The SMILES string of the molecule is CC1(C)c2ccccc2-c2ccc(-c3c4ccccc4c(-c4ccc5c6c(cccc46)CC5)c4ccc(-c5cccc6ccccc56)cc34)cc21.CC1(C)c2ccccc2-c2ccc(-c3c4ccccc4c(-c4ccccn4)c4ccc(-c5cccc6ccccc56)cc34)cc21.CC1(C)c2ccccc2-c2ccc(-c3c4ccccc4c(-c4nccc5ccccc45)c4ccc(-c5cccc6ccccc56)cc34)cc21. The van der Waals surface area contributed by atoms with Crippen molar-refractivity contribution in [3.63, 3.8) is 0 Å². The van der Waals surface area contributed by atoms with Gasteiger partial charge in [-0.25, -0.2) is 0 Å². The highest BCUT2D eigenvalue weighted by molar-refractivity contribution is 6.28. The predicted molar refractivity (Wildman–Crippen MR) is 617 cm³/mol. The lowest BCUT2D eigenvalue weighted by molar-refractivity contribution is 0.660. The third kappa shape index (κ3) is 13.4. The molecule has 4 aliphatic rings. The number of nitrogens with zero attached hydrogens (tertiary/aromatic N) is 2. The highest BCUT2D eigenvalue weighted by Gasteiger charge is 2.40. The summed E-state index contributed by atoms with van der Waals surface area (Å²) in [4.78, 5) is 9.95. The van der Waals surface area contributed by atoms with Crippen LogP contribution in [-0.2, 0) is 29.1 Å². The fourth-order valence-electron chi connectivity index (χ4n) is 26.1. The third-order valence-corrected chi connectivity index (χ3v) is 33.0. The molecule has 0 bridgehead atoms. The fraction of sp³-hybridized carbons (Fsp3) is 0.0769. The maximum Gasteiger partial charge on any atom is 0.0792 e. The summed E-state index contributed by atoms with van der Waals surface area (Å²) in [5, 5.41) is 27.8. The van der Waals surface area contributed by atoms with Gasteiger partial charge in [0.15, 0.2) is 0 Å². The van der Waals surface area contributed by atoms with E-state index < -0.39 is 0 Å². The molecule has 0 amide bonds. The molecule has 24 aromatic carbocycles. The van der Waals surface area contributed by atoms with E-state index in [0.29, 0.717) is 0 Å². The monoisotopic (exact) mass is 1840 g/mol. The highest BCUT2D eigenvalue weighted by atomic mass is 14.7. The highest BCUT2D eigenvalue weighted by Crippen LogP contribution is 2.58. The number of fused-ring (bicyclic) bond motifs is 19. The standard InChI is InChI=1S/C51H36.C48H33N.C44H31N/c1-51(2)46-20-8-7-15-38(46)39-26-25-35(30-47(39)51)49-41-16-5-6-17-42(41)50(43-27-23-33-22-21-32-13-10-19-40(43)48(32)33)44-28-24-34(29-45(44)49)37-18-9-12-31-11-3-4-14-36(31)37;1-48(2)43-21-10-9-17-37(43)38-24-23-33(29-44(38)48)45-39-18-7-8-19-40(39)46(47-36-16-6-4-13-31(36)26-27-49-47)41-25-22-32(28-42(41)45)35-20-11-14-30-12-3-5-15-34(30)35;1-44(2)39-19-8-7-15-33(39)34-23-22-30(27-40(34)44)42-35-16-5-6-17-36(35)43(41-20-9-10-25-45-41)37-24-21-29(26-38(37)42)32-18-11-13-28-12-3-4-14-31(28)32/h3-20,23-30H,21-22H2,1-2H3;3-29H,1-2H3;3-27H,1-2H3. The van der Waals surface area contributed by atoms with E-state index in [4.69, 9.17) is 9.97 Å². The average molecular weight is 1850 g/mol. The van der Waals surface area contributed by atoms with Crippen LogP contribution in [-0.4, -0.2) is 9.97 Å². The van der Waals surface area contributed by atoms with Crippen molar-refractivity contribution in [3.05, 3.63) is 518 Å². The molecule has 0 N–H and O–H groups in total. The van der Waals surface area contributed by atoms with Crippen LogP contribution in [0.1, 0.15) is 86.1 Å². The van der Waals surface area contributed by atoms with Crippen LogP contribution in [0.2, 0.25) is 0 Å². The van der Waals surface area contributed by atoms with Crippen LogP contribution in [0.15, 0.2) is 473 Å². The van der Waals surface area contributed by atoms with Crippen LogP contribution in [0, 0.1) is 0 Å². The fourth-order valence-corrected chi connectivity index (χ4v) is 26.1. The van der Waals surface area contributed by atoms with Crippen molar-refractivity contribution in [2.75, 3.05) is 0 Å². The van der Waals surface area contributed by atoms with Crippen LogP contribution in [0.4, 0.5) is 0 Å². The lowest BCUT2D eigenvalue weighted by Gasteiger charge is -2.23. The second kappa shape index (κ2) is 33.3. The quantitative estimate of drug-likeness (QED) is 0.135. The predicted octanol–water partition coefficient (Wildman–Crippen LogP) is 38.6. The van der Waals surface area contributed by atoms with E-state index in [1.54, 1.807) is 0 Å². The van der Waals surface area contributed by atoms with Crippen LogP contribution < -0.4 is 0 Å². The van der Waals surface area contributed by atoms with Gasteiger partial charge in [-0.15, -0.1) is 0 Å². The lowest BCUT2D eigenvalue weighted by Crippen LogP contribution is -2.14. The van der Waals surface area contributed by atoms with E-state index in [1.165, 1.54) is 285 Å². The third-order valence-electron chi connectivity index (χ3n) is 33.0. The average Bonchev–Trinajstić information content (AvgIpc) is 1.68. The Bertz CT molecular complexity index is 9960. The summed E-state index contributed by atoms with van der Waals surface area (Å²) in [6.07, 6.45) is 6.11. The number of benzene rings is 24. The first-order chi connectivity index (χ1) is 71.2. The van der Waals surface area contributed by atoms with Crippen molar-refractivity contribution in [2.24, 2.45) is 0 Å². The topological polar surface area (TPSA) is 25.8 Å². The van der Waals surface area contributed by atoms with Gasteiger partial charge in [0.1, 0.15) is 0 Å². The first-order valence-electron chi connectivity index (χ1n) is 51.2. The molecule has 0 spiro atoms. The first-order valence-corrected chi connectivity index (χ1v) is 51.2. The van der Waals surface area contributed by atoms with E-state index in [9.17, 15) is 0 Å². The van der Waals surface area contributed by atoms with Gasteiger partial charge in [-0.2, -0.15) is 0 Å². The van der Waals surface area contributed by atoms with Gasteiger partial charge in [-0.1, -0.05) is 448 Å². The zero-order valence-corrected chi connectivity index (χ0v) is 81.8. The number of hydrogen-bond acceptors (Lipinski definition) is 2. The van der Waals surface area contributed by atoms with E-state index in [1.807, 2.05) is 18.5 Å². The van der Waals surface area contributed by atoms with Gasteiger partial charge < -0.3 is 0 Å². The van der Waals surface area contributed by atoms with Gasteiger partial charge in [-0.05, 0) is 336 Å². The van der Waals surface area contributed by atoms with Gasteiger partial charge >= 0.3 is 0 Å². The molecule has 4 aliphatic carbocycles. The van der Waals surface area contributed by atoms with Crippen LogP contribution in [0.3, 0.4) is 0 Å². The summed E-state index contributed by atoms with van der Waals surface area (Å²) >= 11 is 0. The number of rotatable bonds is 9. The molecule has 682 valence electrons. The number of aryl methyl sites for hydroxylation is 2. The molecule has 30 rings (SSSR count). The van der Waals surface area contributed by atoms with E-state index >= 15 is 0 Å². The number of pyridine rings is 2. The minimum absolute atomic E-state index is 0.0739. The Morgan fingerprint density at radius 3 is 0.890 bits per heavy atom. The van der Waals surface area contributed by atoms with Crippen molar-refractivity contribution >= 4 is 118 Å². The molecule has 0 radical (unpaired) electrons. The summed E-state index contributed by atoms with van der Waals surface area (Å²) in [7, 11) is 0. The maximum atomic E-state index is 5.09. The van der Waals surface area contributed by atoms with E-state index in [0.717, 1.165) is 24.2 Å². The molecular weight excluding hydrogens is 1750 g/mol. The van der Waals surface area contributed by atoms with Crippen LogP contribution >= 0.6 is 0 Å². The summed E-state index contributed by atoms with van der Waals surface area (Å²) in [5.74, 6) is 0. The summed E-state index contributed by atoms with van der Waals surface area (Å²) < 4.78 is 0. The molecule has 145 heavy (non-hydrogen) atoms. The van der Waals surface area contributed by atoms with Gasteiger partial charge in [0.05, 0.1) is 11.4 Å². The van der Waals surface area contributed by atoms with E-state index in [2.05, 4.69) is 497 Å². The number of aromatic nitrogens is 2. The normalized spacial score (nSPS) is 13.6. The second-order valence-corrected chi connectivity index (χ2v) is 41.7. The minimum Gasteiger partial charge on any atom is -0.256 e. The summed E-state index contributed by atoms with van der Waals surface area (Å²) in [6.45, 7) is 14.2. The number of hydrogen-bond donors (Lipinski definition) is 0. The minimum atomic E-state index is -0.0888. The Kier molecular flexibility index (Phi) is 19.6. The molecule has 2 heterocycles. The molecule has 2 aromatic heterocycles. The largest absolute Gasteiger partial charge is 0.256 e. The van der Waals surface area contributed by atoms with Crippen molar-refractivity contribution in [1.29, 1.82) is 0 Å². The molecule has 0 saturated heterocycles. The molecule has 2 heteroatoms. The van der Waals surface area contributed by atoms with Gasteiger partial charge in [0.25, 0.3) is 0 Å². The van der Waals surface area contributed by atoms with Gasteiger partial charge in [-0.3, -0.25) is 9.97 Å². The van der Waals surface area contributed by atoms with Gasteiger partial charge in [0, 0.05) is 45.2 Å². The van der Waals surface area contributed by atoms with Crippen LogP contribution in [0.5, 0.6) is 0 Å². The lowest BCUT2D eigenvalue weighted by atomic mass is 9.80. The maximum absolute atomic E-state index is 5.09. The molecule has 26 aromatic rings.